The number of nitrogens with one attached hydrogen (secondary N) is 2. The number of hydrogen-bond donors (Lipinski definition) is 2. The Balaban J connectivity index is 2.12. The molecule has 0 aliphatic carbocycles. The molecule has 5 heteroatoms. The average Bonchev–Trinajstić information content (AvgIpc) is 2.45. The van der Waals surface area contributed by atoms with Crippen molar-refractivity contribution in [3.63, 3.8) is 0 Å². The highest BCUT2D eigenvalue weighted by Crippen LogP contribution is 2.35. The second-order valence-corrected chi connectivity index (χ2v) is 6.32. The molecular weight excluding hydrogens is 288 g/mol. The number of hydrogen-bond acceptors (Lipinski definition) is 2. The van der Waals surface area contributed by atoms with Crippen LogP contribution >= 0.6 is 11.6 Å². The standard InChI is InChI=1S/C16H23ClN2O2/c1-12(2)19-15(20)18-11-16(6-8-21-9-7-16)13-4-3-5-14(17)10-13/h3-5,10,12H,6-9,11H2,1-2H3,(H2,18,19,20). The predicted molar refractivity (Wildman–Crippen MR) is 84.9 cm³/mol. The molecule has 0 aromatic heterocycles. The Hall–Kier alpha value is -1.26. The molecule has 2 N–H and O–H groups in total. The van der Waals surface area contributed by atoms with Crippen LogP contribution < -0.4 is 10.6 Å². The Morgan fingerprint density at radius 3 is 2.71 bits per heavy atom. The lowest BCUT2D eigenvalue weighted by Crippen LogP contribution is -2.48. The van der Waals surface area contributed by atoms with Crippen molar-refractivity contribution in [2.75, 3.05) is 19.8 Å². The van der Waals surface area contributed by atoms with E-state index in [1.54, 1.807) is 0 Å². The molecule has 0 unspecified atom stereocenters. The van der Waals surface area contributed by atoms with E-state index in [4.69, 9.17) is 16.3 Å². The maximum Gasteiger partial charge on any atom is 0.315 e. The molecule has 1 heterocycles. The van der Waals surface area contributed by atoms with Crippen LogP contribution in [0.2, 0.25) is 5.02 Å². The van der Waals surface area contributed by atoms with Crippen LogP contribution in [-0.4, -0.2) is 31.8 Å². The minimum Gasteiger partial charge on any atom is -0.381 e. The summed E-state index contributed by atoms with van der Waals surface area (Å²) in [6, 6.07) is 7.91. The molecule has 21 heavy (non-hydrogen) atoms. The summed E-state index contributed by atoms with van der Waals surface area (Å²) in [5.41, 5.74) is 1.07. The van der Waals surface area contributed by atoms with Crippen molar-refractivity contribution in [3.8, 4) is 0 Å². The first-order chi connectivity index (χ1) is 10.0. The maximum absolute atomic E-state index is 11.9. The lowest BCUT2D eigenvalue weighted by atomic mass is 9.74. The van der Waals surface area contributed by atoms with E-state index in [2.05, 4.69) is 16.7 Å². The monoisotopic (exact) mass is 310 g/mol. The summed E-state index contributed by atoms with van der Waals surface area (Å²) in [5, 5.41) is 6.58. The number of amides is 2. The normalized spacial score (nSPS) is 17.5. The molecule has 0 spiro atoms. The Kier molecular flexibility index (Phi) is 5.48. The van der Waals surface area contributed by atoms with Crippen molar-refractivity contribution in [2.24, 2.45) is 0 Å². The topological polar surface area (TPSA) is 50.4 Å². The summed E-state index contributed by atoms with van der Waals surface area (Å²) < 4.78 is 5.49. The quantitative estimate of drug-likeness (QED) is 0.898. The second-order valence-electron chi connectivity index (χ2n) is 5.88. The molecule has 2 rings (SSSR count). The van der Waals surface area contributed by atoms with Crippen LogP contribution in [0.5, 0.6) is 0 Å². The van der Waals surface area contributed by atoms with Gasteiger partial charge in [0.25, 0.3) is 0 Å². The molecule has 1 aliphatic heterocycles. The zero-order valence-corrected chi connectivity index (χ0v) is 13.4. The van der Waals surface area contributed by atoms with E-state index in [0.29, 0.717) is 19.8 Å². The summed E-state index contributed by atoms with van der Waals surface area (Å²) in [4.78, 5) is 11.9. The van der Waals surface area contributed by atoms with Crippen molar-refractivity contribution in [1.82, 2.24) is 10.6 Å². The average molecular weight is 311 g/mol. The van der Waals surface area contributed by atoms with Crippen molar-refractivity contribution in [1.29, 1.82) is 0 Å². The molecular formula is C16H23ClN2O2. The fourth-order valence-corrected chi connectivity index (χ4v) is 2.90. The number of carbonyl (C=O) groups is 1. The molecule has 1 aliphatic rings. The van der Waals surface area contributed by atoms with E-state index in [0.717, 1.165) is 17.9 Å². The minimum atomic E-state index is -0.127. The van der Waals surface area contributed by atoms with Crippen molar-refractivity contribution in [3.05, 3.63) is 34.9 Å². The number of halogens is 1. The lowest BCUT2D eigenvalue weighted by molar-refractivity contribution is 0.0506. The lowest BCUT2D eigenvalue weighted by Gasteiger charge is -2.38. The van der Waals surface area contributed by atoms with Gasteiger partial charge in [-0.15, -0.1) is 0 Å². The third-order valence-electron chi connectivity index (χ3n) is 3.89. The number of rotatable bonds is 4. The van der Waals surface area contributed by atoms with Gasteiger partial charge >= 0.3 is 6.03 Å². The highest BCUT2D eigenvalue weighted by Gasteiger charge is 2.35. The molecule has 116 valence electrons. The van der Waals surface area contributed by atoms with Gasteiger partial charge in [0.05, 0.1) is 0 Å². The van der Waals surface area contributed by atoms with Crippen LogP contribution in [0.3, 0.4) is 0 Å². The Morgan fingerprint density at radius 2 is 2.10 bits per heavy atom. The number of benzene rings is 1. The van der Waals surface area contributed by atoms with E-state index in [9.17, 15) is 4.79 Å². The van der Waals surface area contributed by atoms with Gasteiger partial charge in [0.1, 0.15) is 0 Å². The first kappa shape index (κ1) is 16.1. The molecule has 4 nitrogen and oxygen atoms in total. The van der Waals surface area contributed by atoms with Crippen LogP contribution in [0, 0.1) is 0 Å². The van der Waals surface area contributed by atoms with Crippen LogP contribution in [0.25, 0.3) is 0 Å². The molecule has 1 fully saturated rings. The number of urea groups is 1. The summed E-state index contributed by atoms with van der Waals surface area (Å²) in [5.74, 6) is 0. The third-order valence-corrected chi connectivity index (χ3v) is 4.13. The van der Waals surface area contributed by atoms with Gasteiger partial charge in [-0.05, 0) is 44.4 Å². The highest BCUT2D eigenvalue weighted by atomic mass is 35.5. The fourth-order valence-electron chi connectivity index (χ4n) is 2.71. The first-order valence-electron chi connectivity index (χ1n) is 7.40. The Bertz CT molecular complexity index is 485. The van der Waals surface area contributed by atoms with E-state index < -0.39 is 0 Å². The van der Waals surface area contributed by atoms with Crippen molar-refractivity contribution >= 4 is 17.6 Å². The van der Waals surface area contributed by atoms with Crippen LogP contribution in [-0.2, 0) is 10.2 Å². The van der Waals surface area contributed by atoms with Gasteiger partial charge in [0, 0.05) is 36.2 Å². The SMILES string of the molecule is CC(C)NC(=O)NCC1(c2cccc(Cl)c2)CCOCC1. The maximum atomic E-state index is 11.9. The van der Waals surface area contributed by atoms with Crippen LogP contribution in [0.1, 0.15) is 32.3 Å². The zero-order chi connectivity index (χ0) is 15.3. The van der Waals surface area contributed by atoms with Crippen LogP contribution in [0.4, 0.5) is 4.79 Å². The Morgan fingerprint density at radius 1 is 1.38 bits per heavy atom. The van der Waals surface area contributed by atoms with Gasteiger partial charge in [-0.1, -0.05) is 23.7 Å². The molecule has 0 atom stereocenters. The number of carbonyl (C=O) groups excluding carboxylic acids is 1. The van der Waals surface area contributed by atoms with Gasteiger partial charge in [-0.3, -0.25) is 0 Å². The van der Waals surface area contributed by atoms with Crippen LogP contribution in [0.15, 0.2) is 24.3 Å². The van der Waals surface area contributed by atoms with Gasteiger partial charge in [-0.25, -0.2) is 4.79 Å². The summed E-state index contributed by atoms with van der Waals surface area (Å²) in [6.45, 7) is 5.90. The van der Waals surface area contributed by atoms with Crippen molar-refractivity contribution in [2.45, 2.75) is 38.1 Å². The number of ether oxygens (including phenoxy) is 1. The predicted octanol–water partition coefficient (Wildman–Crippen LogP) is 3.10. The second kappa shape index (κ2) is 7.14. The third kappa shape index (κ3) is 4.35. The fraction of sp³-hybridized carbons (Fsp3) is 0.562. The molecule has 1 aromatic carbocycles. The minimum absolute atomic E-state index is 0.0997. The van der Waals surface area contributed by atoms with Gasteiger partial charge < -0.3 is 15.4 Å². The Labute approximate surface area is 131 Å². The smallest absolute Gasteiger partial charge is 0.315 e. The van der Waals surface area contributed by atoms with E-state index in [1.165, 1.54) is 5.56 Å². The highest BCUT2D eigenvalue weighted by molar-refractivity contribution is 6.30. The summed E-state index contributed by atoms with van der Waals surface area (Å²) in [6.07, 6.45) is 1.77. The first-order valence-corrected chi connectivity index (χ1v) is 7.78. The van der Waals surface area contributed by atoms with E-state index in [1.807, 2.05) is 32.0 Å². The molecule has 0 bridgehead atoms. The van der Waals surface area contributed by atoms with E-state index in [-0.39, 0.29) is 17.5 Å². The summed E-state index contributed by atoms with van der Waals surface area (Å²) in [7, 11) is 0. The summed E-state index contributed by atoms with van der Waals surface area (Å²) >= 11 is 6.13. The largest absolute Gasteiger partial charge is 0.381 e. The van der Waals surface area contributed by atoms with Crippen molar-refractivity contribution < 1.29 is 9.53 Å². The molecule has 2 amide bonds. The molecule has 1 aromatic rings. The molecule has 1 saturated heterocycles. The zero-order valence-electron chi connectivity index (χ0n) is 12.6. The van der Waals surface area contributed by atoms with Gasteiger partial charge in [0.2, 0.25) is 0 Å². The van der Waals surface area contributed by atoms with E-state index >= 15 is 0 Å². The van der Waals surface area contributed by atoms with Gasteiger partial charge in [-0.2, -0.15) is 0 Å². The molecule has 0 saturated carbocycles. The van der Waals surface area contributed by atoms with Gasteiger partial charge in [0.15, 0.2) is 0 Å². The molecule has 0 radical (unpaired) electrons.